The lowest BCUT2D eigenvalue weighted by Gasteiger charge is -2.26. The SMILES string of the molecule is c1ccc(-c2ccc(-c3ccc(N(c4ccc(-c5ccc(-c6cccc7ccccc67)cc5)cc4)c4cccc5oc6c7ccccc7ccc6c45)cc3)cc2)cc1. The van der Waals surface area contributed by atoms with Gasteiger partial charge < -0.3 is 9.32 Å². The van der Waals surface area contributed by atoms with E-state index < -0.39 is 0 Å². The fourth-order valence-electron chi connectivity index (χ4n) is 8.56. The highest BCUT2D eigenvalue weighted by molar-refractivity contribution is 6.19. The highest BCUT2D eigenvalue weighted by Gasteiger charge is 2.20. The van der Waals surface area contributed by atoms with E-state index in [9.17, 15) is 0 Å². The van der Waals surface area contributed by atoms with Gasteiger partial charge in [-0.05, 0) is 103 Å². The predicted octanol–water partition coefficient (Wildman–Crippen LogP) is 16.0. The summed E-state index contributed by atoms with van der Waals surface area (Å²) in [4.78, 5) is 2.36. The Balaban J connectivity index is 0.989. The van der Waals surface area contributed by atoms with Crippen LogP contribution in [0.3, 0.4) is 0 Å². The molecule has 0 spiro atoms. The Bertz CT molecular complexity index is 3230. The van der Waals surface area contributed by atoms with Gasteiger partial charge in [-0.15, -0.1) is 0 Å². The molecule has 0 amide bonds. The second-order valence-corrected chi connectivity index (χ2v) is 14.9. The Labute approximate surface area is 337 Å². The third kappa shape index (κ3) is 5.91. The summed E-state index contributed by atoms with van der Waals surface area (Å²) in [6.45, 7) is 0. The van der Waals surface area contributed by atoms with Crippen LogP contribution in [0.2, 0.25) is 0 Å². The maximum Gasteiger partial charge on any atom is 0.143 e. The molecule has 2 nitrogen and oxygen atoms in total. The van der Waals surface area contributed by atoms with Gasteiger partial charge in [-0.3, -0.25) is 0 Å². The summed E-state index contributed by atoms with van der Waals surface area (Å²) in [5, 5.41) is 7.01. The summed E-state index contributed by atoms with van der Waals surface area (Å²) < 4.78 is 6.66. The third-order valence-corrected chi connectivity index (χ3v) is 11.5. The topological polar surface area (TPSA) is 16.4 Å². The number of anilines is 3. The molecule has 0 saturated carbocycles. The van der Waals surface area contributed by atoms with E-state index in [2.05, 4.69) is 229 Å². The molecule has 0 aliphatic heterocycles. The minimum absolute atomic E-state index is 0.867. The fourth-order valence-corrected chi connectivity index (χ4v) is 8.56. The van der Waals surface area contributed by atoms with Gasteiger partial charge in [0.05, 0.1) is 11.1 Å². The molecule has 11 rings (SSSR count). The average Bonchev–Trinajstić information content (AvgIpc) is 3.70. The molecule has 0 radical (unpaired) electrons. The van der Waals surface area contributed by atoms with Crippen LogP contribution in [0, 0.1) is 0 Å². The maximum absolute atomic E-state index is 6.66. The molecule has 2 heteroatoms. The second kappa shape index (κ2) is 14.1. The molecule has 0 bridgehead atoms. The Morgan fingerprint density at radius 3 is 1.38 bits per heavy atom. The van der Waals surface area contributed by atoms with Gasteiger partial charge in [0.25, 0.3) is 0 Å². The van der Waals surface area contributed by atoms with Crippen LogP contribution in [-0.2, 0) is 0 Å². The molecule has 0 saturated heterocycles. The number of hydrogen-bond acceptors (Lipinski definition) is 2. The summed E-state index contributed by atoms with van der Waals surface area (Å²) in [6, 6.07) is 80.5. The number of fused-ring (bicyclic) bond motifs is 6. The molecule has 10 aromatic carbocycles. The normalized spacial score (nSPS) is 11.4. The smallest absolute Gasteiger partial charge is 0.143 e. The lowest BCUT2D eigenvalue weighted by atomic mass is 9.96. The molecule has 0 unspecified atom stereocenters. The summed E-state index contributed by atoms with van der Waals surface area (Å²) in [6.07, 6.45) is 0. The average molecular weight is 740 g/mol. The third-order valence-electron chi connectivity index (χ3n) is 11.5. The van der Waals surface area contributed by atoms with E-state index in [0.29, 0.717) is 0 Å². The highest BCUT2D eigenvalue weighted by Crippen LogP contribution is 2.45. The van der Waals surface area contributed by atoms with E-state index in [1.54, 1.807) is 0 Å². The van der Waals surface area contributed by atoms with Crippen LogP contribution in [0.15, 0.2) is 229 Å². The standard InChI is InChI=1S/C56H37NO/c1-2-10-38(11-3-1)39-20-22-40(23-21-39)42-28-33-47(34-29-42)57(53-18-9-19-54-55(53)52-37-32-45-13-5-7-16-51(45)56(52)58-54)48-35-30-43(31-36-48)41-24-26-46(27-25-41)50-17-8-14-44-12-4-6-15-49(44)50/h1-37H. The quantitative estimate of drug-likeness (QED) is 0.162. The first-order valence-corrected chi connectivity index (χ1v) is 19.8. The number of rotatable bonds is 7. The van der Waals surface area contributed by atoms with Crippen molar-refractivity contribution in [2.24, 2.45) is 0 Å². The van der Waals surface area contributed by atoms with Crippen molar-refractivity contribution in [3.05, 3.63) is 224 Å². The first-order valence-electron chi connectivity index (χ1n) is 19.8. The summed E-state index contributed by atoms with van der Waals surface area (Å²) >= 11 is 0. The molecule has 272 valence electrons. The zero-order valence-electron chi connectivity index (χ0n) is 31.7. The monoisotopic (exact) mass is 739 g/mol. The zero-order valence-corrected chi connectivity index (χ0v) is 31.7. The first-order chi connectivity index (χ1) is 28.7. The van der Waals surface area contributed by atoms with Crippen molar-refractivity contribution in [3.63, 3.8) is 0 Å². The van der Waals surface area contributed by atoms with Crippen LogP contribution in [0.4, 0.5) is 17.1 Å². The lowest BCUT2D eigenvalue weighted by molar-refractivity contribution is 0.672. The highest BCUT2D eigenvalue weighted by atomic mass is 16.3. The maximum atomic E-state index is 6.66. The van der Waals surface area contributed by atoms with Crippen molar-refractivity contribution >= 4 is 60.5 Å². The van der Waals surface area contributed by atoms with E-state index >= 15 is 0 Å². The van der Waals surface area contributed by atoms with E-state index in [4.69, 9.17) is 4.42 Å². The second-order valence-electron chi connectivity index (χ2n) is 14.9. The molecule has 0 aliphatic rings. The van der Waals surface area contributed by atoms with Crippen LogP contribution in [0.1, 0.15) is 0 Å². The summed E-state index contributed by atoms with van der Waals surface area (Å²) in [7, 11) is 0. The molecule has 0 aliphatic carbocycles. The van der Waals surface area contributed by atoms with E-state index in [1.807, 2.05) is 0 Å². The van der Waals surface area contributed by atoms with Gasteiger partial charge in [0.2, 0.25) is 0 Å². The van der Waals surface area contributed by atoms with Crippen LogP contribution in [-0.4, -0.2) is 0 Å². The van der Waals surface area contributed by atoms with Crippen LogP contribution >= 0.6 is 0 Å². The minimum atomic E-state index is 0.867. The summed E-state index contributed by atoms with van der Waals surface area (Å²) in [5.41, 5.74) is 14.6. The Kier molecular flexibility index (Phi) is 8.19. The number of hydrogen-bond donors (Lipinski definition) is 0. The first kappa shape index (κ1) is 33.6. The number of nitrogens with zero attached hydrogens (tertiary/aromatic N) is 1. The Morgan fingerprint density at radius 2 is 0.759 bits per heavy atom. The van der Waals surface area contributed by atoms with Crippen molar-refractivity contribution in [1.29, 1.82) is 0 Å². The minimum Gasteiger partial charge on any atom is -0.455 e. The van der Waals surface area contributed by atoms with E-state index in [0.717, 1.165) is 44.4 Å². The van der Waals surface area contributed by atoms with Crippen molar-refractivity contribution in [2.75, 3.05) is 4.90 Å². The van der Waals surface area contributed by atoms with E-state index in [1.165, 1.54) is 60.7 Å². The molecule has 0 N–H and O–H groups in total. The molecule has 0 fully saturated rings. The largest absolute Gasteiger partial charge is 0.455 e. The van der Waals surface area contributed by atoms with Gasteiger partial charge in [-0.25, -0.2) is 0 Å². The van der Waals surface area contributed by atoms with Crippen LogP contribution in [0.25, 0.3) is 88.0 Å². The molecule has 0 atom stereocenters. The van der Waals surface area contributed by atoms with Crippen molar-refractivity contribution in [2.45, 2.75) is 0 Å². The molecular formula is C56H37NO. The van der Waals surface area contributed by atoms with Gasteiger partial charge in [0.1, 0.15) is 11.2 Å². The van der Waals surface area contributed by atoms with Gasteiger partial charge in [0.15, 0.2) is 0 Å². The van der Waals surface area contributed by atoms with Crippen molar-refractivity contribution in [3.8, 4) is 44.5 Å². The molecule has 11 aromatic rings. The van der Waals surface area contributed by atoms with Crippen molar-refractivity contribution < 1.29 is 4.42 Å². The summed E-state index contributed by atoms with van der Waals surface area (Å²) in [5.74, 6) is 0. The molecule has 1 aromatic heterocycles. The molecular weight excluding hydrogens is 703 g/mol. The van der Waals surface area contributed by atoms with Gasteiger partial charge >= 0.3 is 0 Å². The van der Waals surface area contributed by atoms with Gasteiger partial charge in [-0.1, -0.05) is 182 Å². The van der Waals surface area contributed by atoms with Crippen molar-refractivity contribution in [1.82, 2.24) is 0 Å². The number of furan rings is 1. The molecule has 1 heterocycles. The van der Waals surface area contributed by atoms with Crippen LogP contribution in [0.5, 0.6) is 0 Å². The number of benzene rings is 10. The van der Waals surface area contributed by atoms with Crippen LogP contribution < -0.4 is 4.90 Å². The Hall–Kier alpha value is -7.68. The van der Waals surface area contributed by atoms with Gasteiger partial charge in [0, 0.05) is 22.1 Å². The zero-order chi connectivity index (χ0) is 38.4. The lowest BCUT2D eigenvalue weighted by Crippen LogP contribution is -2.10. The fraction of sp³-hybridized carbons (Fsp3) is 0. The van der Waals surface area contributed by atoms with E-state index in [-0.39, 0.29) is 0 Å². The molecule has 58 heavy (non-hydrogen) atoms. The van der Waals surface area contributed by atoms with Gasteiger partial charge in [-0.2, -0.15) is 0 Å². The Morgan fingerprint density at radius 1 is 0.293 bits per heavy atom. The predicted molar refractivity (Wildman–Crippen MR) is 245 cm³/mol.